The van der Waals surface area contributed by atoms with E-state index in [1.54, 1.807) is 0 Å². The summed E-state index contributed by atoms with van der Waals surface area (Å²) < 4.78 is 103. The highest BCUT2D eigenvalue weighted by Crippen LogP contribution is 2.37. The average molecular weight is 390 g/mol. The van der Waals surface area contributed by atoms with Gasteiger partial charge in [0.1, 0.15) is 0 Å². The maximum absolute atomic E-state index is 12.8. The molecule has 0 spiro atoms. The summed E-state index contributed by atoms with van der Waals surface area (Å²) in [4.78, 5) is 0.895. The highest BCUT2D eigenvalue weighted by atomic mass is 32.2. The van der Waals surface area contributed by atoms with Crippen molar-refractivity contribution in [2.24, 2.45) is 0 Å². The molecule has 1 aromatic carbocycles. The first-order chi connectivity index (χ1) is 11.4. The predicted molar refractivity (Wildman–Crippen MR) is 77.3 cm³/mol. The van der Waals surface area contributed by atoms with Crippen molar-refractivity contribution in [3.8, 4) is 0 Å². The third-order valence-electron chi connectivity index (χ3n) is 3.79. The van der Waals surface area contributed by atoms with E-state index in [9.17, 15) is 34.8 Å². The number of halogens is 6. The standard InChI is InChI=1S/C14H16F6N2O2S/c15-13(16,17)10-7-11(14(18,19)20)9-12(8-10)25(23,24)21-3-6-22-4-1-2-5-22/h7-9,21H,1-6H2. The maximum atomic E-state index is 12.8. The molecule has 11 heteroatoms. The van der Waals surface area contributed by atoms with Gasteiger partial charge in [-0.2, -0.15) is 26.3 Å². The minimum Gasteiger partial charge on any atom is -0.302 e. The Morgan fingerprint density at radius 3 is 1.84 bits per heavy atom. The molecule has 1 N–H and O–H groups in total. The van der Waals surface area contributed by atoms with Crippen molar-refractivity contribution in [2.75, 3.05) is 26.2 Å². The molecule has 2 rings (SSSR count). The number of rotatable bonds is 5. The van der Waals surface area contributed by atoms with Crippen LogP contribution in [0.1, 0.15) is 24.0 Å². The van der Waals surface area contributed by atoms with Crippen LogP contribution in [0.15, 0.2) is 23.1 Å². The van der Waals surface area contributed by atoms with Gasteiger partial charge in [0, 0.05) is 13.1 Å². The van der Waals surface area contributed by atoms with Gasteiger partial charge in [0.2, 0.25) is 10.0 Å². The van der Waals surface area contributed by atoms with E-state index in [0.717, 1.165) is 25.9 Å². The summed E-state index contributed by atoms with van der Waals surface area (Å²) in [5.74, 6) is 0. The molecule has 0 unspecified atom stereocenters. The number of likely N-dealkylation sites (tertiary alicyclic amines) is 1. The fourth-order valence-corrected chi connectivity index (χ4v) is 3.60. The monoisotopic (exact) mass is 390 g/mol. The molecule has 4 nitrogen and oxygen atoms in total. The molecule has 1 saturated heterocycles. The Balaban J connectivity index is 2.25. The van der Waals surface area contributed by atoms with Gasteiger partial charge >= 0.3 is 12.4 Å². The minimum atomic E-state index is -5.10. The van der Waals surface area contributed by atoms with Crippen LogP contribution in [-0.2, 0) is 22.4 Å². The Kier molecular flexibility index (Phi) is 5.69. The lowest BCUT2D eigenvalue weighted by Gasteiger charge is -2.16. The molecular formula is C14H16F6N2O2S. The van der Waals surface area contributed by atoms with Gasteiger partial charge in [-0.15, -0.1) is 0 Å². The van der Waals surface area contributed by atoms with E-state index in [-0.39, 0.29) is 24.7 Å². The SMILES string of the molecule is O=S(=O)(NCCN1CCCC1)c1cc(C(F)(F)F)cc(C(F)(F)F)c1. The van der Waals surface area contributed by atoms with Gasteiger partial charge in [-0.3, -0.25) is 0 Å². The van der Waals surface area contributed by atoms with Gasteiger partial charge in [0.05, 0.1) is 16.0 Å². The third-order valence-corrected chi connectivity index (χ3v) is 5.23. The number of nitrogens with one attached hydrogen (secondary N) is 1. The Morgan fingerprint density at radius 2 is 1.40 bits per heavy atom. The van der Waals surface area contributed by atoms with Crippen LogP contribution in [0, 0.1) is 0 Å². The summed E-state index contributed by atoms with van der Waals surface area (Å²) >= 11 is 0. The van der Waals surface area contributed by atoms with E-state index in [2.05, 4.69) is 4.72 Å². The molecule has 1 aromatic rings. The first-order valence-corrected chi connectivity index (χ1v) is 8.89. The van der Waals surface area contributed by atoms with Gasteiger partial charge in [-0.1, -0.05) is 0 Å². The number of nitrogens with zero attached hydrogens (tertiary/aromatic N) is 1. The molecule has 0 bridgehead atoms. The highest BCUT2D eigenvalue weighted by Gasteiger charge is 2.38. The van der Waals surface area contributed by atoms with E-state index in [1.165, 1.54) is 0 Å². The van der Waals surface area contributed by atoms with E-state index in [4.69, 9.17) is 0 Å². The van der Waals surface area contributed by atoms with Crippen molar-refractivity contribution in [3.63, 3.8) is 0 Å². The van der Waals surface area contributed by atoms with E-state index in [1.807, 2.05) is 4.90 Å². The molecule has 0 aromatic heterocycles. The summed E-state index contributed by atoms with van der Waals surface area (Å²) in [6, 6.07) is 0.296. The number of benzene rings is 1. The maximum Gasteiger partial charge on any atom is 0.416 e. The molecule has 0 aliphatic carbocycles. The molecular weight excluding hydrogens is 374 g/mol. The highest BCUT2D eigenvalue weighted by molar-refractivity contribution is 7.89. The zero-order valence-corrected chi connectivity index (χ0v) is 13.7. The summed E-state index contributed by atoms with van der Waals surface area (Å²) in [6.45, 7) is 1.80. The van der Waals surface area contributed by atoms with Crippen molar-refractivity contribution in [3.05, 3.63) is 29.3 Å². The largest absolute Gasteiger partial charge is 0.416 e. The van der Waals surface area contributed by atoms with Crippen molar-refractivity contribution in [2.45, 2.75) is 30.1 Å². The number of hydrogen-bond acceptors (Lipinski definition) is 3. The second-order valence-electron chi connectivity index (χ2n) is 5.69. The molecule has 0 radical (unpaired) electrons. The minimum absolute atomic E-state index is 0.0973. The van der Waals surface area contributed by atoms with Crippen LogP contribution < -0.4 is 4.72 Å². The number of hydrogen-bond donors (Lipinski definition) is 1. The average Bonchev–Trinajstić information content (AvgIpc) is 2.98. The van der Waals surface area contributed by atoms with Crippen molar-refractivity contribution < 1.29 is 34.8 Å². The fourth-order valence-electron chi connectivity index (χ4n) is 2.51. The molecule has 25 heavy (non-hydrogen) atoms. The van der Waals surface area contributed by atoms with Crippen LogP contribution in [0.2, 0.25) is 0 Å². The van der Waals surface area contributed by atoms with Crippen LogP contribution in [0.5, 0.6) is 0 Å². The smallest absolute Gasteiger partial charge is 0.302 e. The third kappa shape index (κ3) is 5.32. The van der Waals surface area contributed by atoms with Crippen LogP contribution >= 0.6 is 0 Å². The van der Waals surface area contributed by atoms with Crippen LogP contribution in [0.3, 0.4) is 0 Å². The Hall–Kier alpha value is -1.33. The van der Waals surface area contributed by atoms with E-state index >= 15 is 0 Å². The molecule has 0 atom stereocenters. The number of sulfonamides is 1. The van der Waals surface area contributed by atoms with Gasteiger partial charge in [-0.25, -0.2) is 13.1 Å². The van der Waals surface area contributed by atoms with Crippen LogP contribution in [0.25, 0.3) is 0 Å². The Labute approximate surface area is 140 Å². The molecule has 142 valence electrons. The van der Waals surface area contributed by atoms with Crippen LogP contribution in [-0.4, -0.2) is 39.5 Å². The van der Waals surface area contributed by atoms with E-state index < -0.39 is 38.4 Å². The molecule has 1 aliphatic rings. The normalized spacial score (nSPS) is 17.2. The first kappa shape index (κ1) is 20.0. The Morgan fingerprint density at radius 1 is 0.920 bits per heavy atom. The zero-order chi connectivity index (χ0) is 18.9. The van der Waals surface area contributed by atoms with Gasteiger partial charge in [0.15, 0.2) is 0 Å². The lowest BCUT2D eigenvalue weighted by Crippen LogP contribution is -2.33. The molecule has 1 fully saturated rings. The second-order valence-corrected chi connectivity index (χ2v) is 7.46. The first-order valence-electron chi connectivity index (χ1n) is 7.41. The van der Waals surface area contributed by atoms with Crippen molar-refractivity contribution in [1.29, 1.82) is 0 Å². The summed E-state index contributed by atoms with van der Waals surface area (Å²) in [5, 5.41) is 0. The van der Waals surface area contributed by atoms with E-state index in [0.29, 0.717) is 6.54 Å². The topological polar surface area (TPSA) is 49.4 Å². The second kappa shape index (κ2) is 7.12. The summed E-state index contributed by atoms with van der Waals surface area (Å²) in [5.41, 5.74) is -3.33. The predicted octanol–water partition coefficient (Wildman–Crippen LogP) is 3.10. The lowest BCUT2D eigenvalue weighted by atomic mass is 10.1. The molecule has 0 amide bonds. The number of alkyl halides is 6. The lowest BCUT2D eigenvalue weighted by molar-refractivity contribution is -0.143. The van der Waals surface area contributed by atoms with Crippen molar-refractivity contribution in [1.82, 2.24) is 9.62 Å². The van der Waals surface area contributed by atoms with Crippen molar-refractivity contribution >= 4 is 10.0 Å². The summed E-state index contributed by atoms with van der Waals surface area (Å²) in [6.07, 6.45) is -8.26. The molecule has 1 aliphatic heterocycles. The summed E-state index contributed by atoms with van der Waals surface area (Å²) in [7, 11) is -4.49. The van der Waals surface area contributed by atoms with Gasteiger partial charge in [-0.05, 0) is 44.1 Å². The Bertz CT molecular complexity index is 677. The quantitative estimate of drug-likeness (QED) is 0.787. The molecule has 0 saturated carbocycles. The van der Waals surface area contributed by atoms with Gasteiger partial charge < -0.3 is 4.90 Å². The van der Waals surface area contributed by atoms with Gasteiger partial charge in [0.25, 0.3) is 0 Å². The molecule has 1 heterocycles. The fraction of sp³-hybridized carbons (Fsp3) is 0.571. The zero-order valence-electron chi connectivity index (χ0n) is 12.9. The van der Waals surface area contributed by atoms with Crippen LogP contribution in [0.4, 0.5) is 26.3 Å².